The Bertz CT molecular complexity index is 403. The molecule has 0 spiro atoms. The molecule has 0 saturated carbocycles. The lowest BCUT2D eigenvalue weighted by Gasteiger charge is -2.32. The smallest absolute Gasteiger partial charge is 0.135 e. The van der Waals surface area contributed by atoms with Gasteiger partial charge in [0, 0.05) is 36.8 Å². The molecule has 0 bridgehead atoms. The second-order valence-corrected chi connectivity index (χ2v) is 5.50. The van der Waals surface area contributed by atoms with E-state index in [9.17, 15) is 5.11 Å². The Morgan fingerprint density at radius 1 is 1.28 bits per heavy atom. The highest BCUT2D eigenvalue weighted by Gasteiger charge is 2.21. The molecule has 1 aromatic rings. The van der Waals surface area contributed by atoms with Crippen molar-refractivity contribution in [2.45, 2.75) is 26.0 Å². The third-order valence-corrected chi connectivity index (χ3v) is 3.79. The topological polar surface area (TPSA) is 35.5 Å². The summed E-state index contributed by atoms with van der Waals surface area (Å²) >= 11 is 6.29. The molecule has 1 fully saturated rings. The Labute approximate surface area is 114 Å². The average molecular weight is 269 g/mol. The lowest BCUT2D eigenvalue weighted by atomic mass is 10.0. The first-order valence-corrected chi connectivity index (χ1v) is 6.89. The van der Waals surface area contributed by atoms with Crippen molar-refractivity contribution in [1.82, 2.24) is 10.2 Å². The number of benzene rings is 1. The van der Waals surface area contributed by atoms with Crippen LogP contribution >= 0.6 is 11.6 Å². The van der Waals surface area contributed by atoms with E-state index < -0.39 is 6.23 Å². The number of nitrogens with zero attached hydrogens (tertiary/aromatic N) is 1. The molecule has 1 aromatic carbocycles. The number of aliphatic hydroxyl groups excluding tert-OH is 1. The van der Waals surface area contributed by atoms with Crippen LogP contribution in [0.5, 0.6) is 0 Å². The molecule has 4 heteroatoms. The van der Waals surface area contributed by atoms with E-state index in [1.807, 2.05) is 17.0 Å². The summed E-state index contributed by atoms with van der Waals surface area (Å²) in [7, 11) is 0. The molecule has 1 aliphatic heterocycles. The molecular weight excluding hydrogens is 248 g/mol. The van der Waals surface area contributed by atoms with Gasteiger partial charge in [-0.05, 0) is 17.5 Å². The van der Waals surface area contributed by atoms with Crippen molar-refractivity contribution in [2.75, 3.05) is 26.2 Å². The van der Waals surface area contributed by atoms with Crippen LogP contribution in [0, 0.1) is 0 Å². The van der Waals surface area contributed by atoms with Crippen LogP contribution in [-0.4, -0.2) is 36.2 Å². The van der Waals surface area contributed by atoms with Crippen molar-refractivity contribution in [1.29, 1.82) is 0 Å². The highest BCUT2D eigenvalue weighted by molar-refractivity contribution is 6.31. The Hall–Kier alpha value is -0.610. The summed E-state index contributed by atoms with van der Waals surface area (Å²) in [5.41, 5.74) is 2.01. The van der Waals surface area contributed by atoms with E-state index in [2.05, 4.69) is 25.2 Å². The normalized spacial score (nSPS) is 19.2. The van der Waals surface area contributed by atoms with Crippen LogP contribution in [-0.2, 0) is 0 Å². The summed E-state index contributed by atoms with van der Waals surface area (Å²) in [6.07, 6.45) is -0.596. The molecule has 0 aliphatic carbocycles. The summed E-state index contributed by atoms with van der Waals surface area (Å²) < 4.78 is 0. The van der Waals surface area contributed by atoms with Gasteiger partial charge in [0.15, 0.2) is 0 Å². The quantitative estimate of drug-likeness (QED) is 0.884. The zero-order valence-electron chi connectivity index (χ0n) is 11.0. The van der Waals surface area contributed by atoms with Crippen molar-refractivity contribution < 1.29 is 5.11 Å². The predicted octanol–water partition coefficient (Wildman–Crippen LogP) is 2.36. The number of nitrogens with one attached hydrogen (secondary N) is 1. The van der Waals surface area contributed by atoms with E-state index in [0.29, 0.717) is 10.9 Å². The molecule has 0 aromatic heterocycles. The summed E-state index contributed by atoms with van der Waals surface area (Å²) in [5, 5.41) is 14.3. The average Bonchev–Trinajstić information content (AvgIpc) is 2.38. The third-order valence-electron chi connectivity index (χ3n) is 3.47. The van der Waals surface area contributed by atoms with Crippen molar-refractivity contribution in [3.8, 4) is 0 Å². The number of hydrogen-bond donors (Lipinski definition) is 2. The van der Waals surface area contributed by atoms with Crippen LogP contribution in [0.25, 0.3) is 0 Å². The number of hydrogen-bond acceptors (Lipinski definition) is 3. The van der Waals surface area contributed by atoms with E-state index in [4.69, 9.17) is 11.6 Å². The van der Waals surface area contributed by atoms with Crippen LogP contribution in [0.15, 0.2) is 18.2 Å². The minimum atomic E-state index is -0.596. The van der Waals surface area contributed by atoms with Gasteiger partial charge in [0.1, 0.15) is 6.23 Å². The second kappa shape index (κ2) is 6.02. The van der Waals surface area contributed by atoms with Crippen LogP contribution in [0.3, 0.4) is 0 Å². The number of aliphatic hydroxyl groups is 1. The highest BCUT2D eigenvalue weighted by atomic mass is 35.5. The molecule has 0 radical (unpaired) electrons. The largest absolute Gasteiger partial charge is 0.374 e. The first kappa shape index (κ1) is 13.8. The lowest BCUT2D eigenvalue weighted by Crippen LogP contribution is -2.45. The van der Waals surface area contributed by atoms with Crippen LogP contribution < -0.4 is 5.32 Å². The zero-order chi connectivity index (χ0) is 13.1. The molecular formula is C14H21ClN2O. The van der Waals surface area contributed by atoms with Crippen molar-refractivity contribution in [3.05, 3.63) is 34.3 Å². The lowest BCUT2D eigenvalue weighted by molar-refractivity contribution is -0.00539. The minimum absolute atomic E-state index is 0.452. The second-order valence-electron chi connectivity index (χ2n) is 5.10. The summed E-state index contributed by atoms with van der Waals surface area (Å²) in [6, 6.07) is 5.97. The van der Waals surface area contributed by atoms with Gasteiger partial charge in [0.2, 0.25) is 0 Å². The van der Waals surface area contributed by atoms with Gasteiger partial charge in [0.25, 0.3) is 0 Å². The summed E-state index contributed by atoms with van der Waals surface area (Å²) in [5.74, 6) is 0.452. The number of piperazine rings is 1. The maximum Gasteiger partial charge on any atom is 0.135 e. The Morgan fingerprint density at radius 2 is 1.94 bits per heavy atom. The molecule has 1 unspecified atom stereocenters. The van der Waals surface area contributed by atoms with Gasteiger partial charge in [-0.15, -0.1) is 0 Å². The van der Waals surface area contributed by atoms with E-state index in [1.165, 1.54) is 5.56 Å². The van der Waals surface area contributed by atoms with Gasteiger partial charge in [-0.1, -0.05) is 37.6 Å². The Morgan fingerprint density at radius 3 is 2.50 bits per heavy atom. The molecule has 1 heterocycles. The summed E-state index contributed by atoms with van der Waals surface area (Å²) in [4.78, 5) is 2.05. The van der Waals surface area contributed by atoms with Gasteiger partial charge in [0.05, 0.1) is 0 Å². The third kappa shape index (κ3) is 3.04. The molecule has 1 saturated heterocycles. The van der Waals surface area contributed by atoms with Crippen molar-refractivity contribution >= 4 is 11.6 Å². The molecule has 2 N–H and O–H groups in total. The van der Waals surface area contributed by atoms with Crippen LogP contribution in [0.2, 0.25) is 5.02 Å². The maximum atomic E-state index is 10.4. The number of halogens is 1. The first-order chi connectivity index (χ1) is 8.59. The molecule has 3 nitrogen and oxygen atoms in total. The molecule has 2 rings (SSSR count). The molecule has 100 valence electrons. The standard InChI is InChI=1S/C14H21ClN2O/c1-10(2)11-3-4-12(13(15)9-11)14(18)17-7-5-16-6-8-17/h3-4,9-10,14,16,18H,5-8H2,1-2H3. The fraction of sp³-hybridized carbons (Fsp3) is 0.571. The van der Waals surface area contributed by atoms with Crippen LogP contribution in [0.4, 0.5) is 0 Å². The predicted molar refractivity (Wildman–Crippen MR) is 74.9 cm³/mol. The Kier molecular flexibility index (Phi) is 4.62. The van der Waals surface area contributed by atoms with E-state index in [-0.39, 0.29) is 0 Å². The van der Waals surface area contributed by atoms with Crippen molar-refractivity contribution in [3.63, 3.8) is 0 Å². The molecule has 1 aliphatic rings. The zero-order valence-corrected chi connectivity index (χ0v) is 11.7. The first-order valence-electron chi connectivity index (χ1n) is 6.52. The van der Waals surface area contributed by atoms with E-state index in [0.717, 1.165) is 31.7 Å². The highest BCUT2D eigenvalue weighted by Crippen LogP contribution is 2.29. The molecule has 18 heavy (non-hydrogen) atoms. The van der Waals surface area contributed by atoms with Gasteiger partial charge >= 0.3 is 0 Å². The van der Waals surface area contributed by atoms with E-state index >= 15 is 0 Å². The molecule has 0 amide bonds. The van der Waals surface area contributed by atoms with Gasteiger partial charge < -0.3 is 10.4 Å². The maximum absolute atomic E-state index is 10.4. The SMILES string of the molecule is CC(C)c1ccc(C(O)N2CCNCC2)c(Cl)c1. The monoisotopic (exact) mass is 268 g/mol. The van der Waals surface area contributed by atoms with E-state index in [1.54, 1.807) is 0 Å². The fourth-order valence-corrected chi connectivity index (χ4v) is 2.52. The van der Waals surface area contributed by atoms with Gasteiger partial charge in [-0.25, -0.2) is 0 Å². The molecule has 1 atom stereocenters. The minimum Gasteiger partial charge on any atom is -0.374 e. The van der Waals surface area contributed by atoms with Crippen LogP contribution in [0.1, 0.15) is 37.1 Å². The van der Waals surface area contributed by atoms with Crippen molar-refractivity contribution in [2.24, 2.45) is 0 Å². The number of rotatable bonds is 3. The summed E-state index contributed by atoms with van der Waals surface area (Å²) in [6.45, 7) is 7.81. The fourth-order valence-electron chi connectivity index (χ4n) is 2.24. The Balaban J connectivity index is 2.16. The van der Waals surface area contributed by atoms with Gasteiger partial charge in [-0.2, -0.15) is 0 Å². The van der Waals surface area contributed by atoms with Gasteiger partial charge in [-0.3, -0.25) is 4.90 Å².